The first-order valence-corrected chi connectivity index (χ1v) is 31.3. The average Bonchev–Trinajstić information content (AvgIpc) is 3.38. The van der Waals surface area contributed by atoms with Gasteiger partial charge >= 0.3 is 17.9 Å². The fraction of sp³-hybridized carbons (Fsp3) is 0.803. The van der Waals surface area contributed by atoms with Crippen LogP contribution in [0.3, 0.4) is 0 Å². The van der Waals surface area contributed by atoms with E-state index < -0.39 is 6.10 Å². The fourth-order valence-electron chi connectivity index (χ4n) is 9.08. The first-order chi connectivity index (χ1) is 35.5. The van der Waals surface area contributed by atoms with Crippen molar-refractivity contribution in [2.45, 2.75) is 329 Å². The molecule has 0 aliphatic carbocycles. The van der Waals surface area contributed by atoms with Crippen molar-refractivity contribution >= 4 is 17.9 Å². The molecule has 0 heterocycles. The summed E-state index contributed by atoms with van der Waals surface area (Å²) in [4.78, 5) is 38.3. The van der Waals surface area contributed by atoms with E-state index >= 15 is 0 Å². The zero-order valence-corrected chi connectivity index (χ0v) is 47.9. The zero-order valence-electron chi connectivity index (χ0n) is 47.9. The van der Waals surface area contributed by atoms with E-state index in [1.165, 1.54) is 180 Å². The summed E-state index contributed by atoms with van der Waals surface area (Å²) in [5, 5.41) is 0. The Hall–Kier alpha value is -2.89. The summed E-state index contributed by atoms with van der Waals surface area (Å²) in [6.07, 6.45) is 76.5. The van der Waals surface area contributed by atoms with E-state index in [4.69, 9.17) is 14.2 Å². The third-order valence-corrected chi connectivity index (χ3v) is 13.8. The van der Waals surface area contributed by atoms with E-state index in [1.54, 1.807) is 0 Å². The van der Waals surface area contributed by atoms with Gasteiger partial charge in [-0.15, -0.1) is 0 Å². The maximum Gasteiger partial charge on any atom is 0.306 e. The molecule has 1 unspecified atom stereocenters. The van der Waals surface area contributed by atoms with Crippen LogP contribution in [0.5, 0.6) is 0 Å². The van der Waals surface area contributed by atoms with Crippen molar-refractivity contribution in [1.29, 1.82) is 0 Å². The molecule has 0 amide bonds. The summed E-state index contributed by atoms with van der Waals surface area (Å²) in [6.45, 7) is 6.54. The quantitative estimate of drug-likeness (QED) is 0.0261. The largest absolute Gasteiger partial charge is 0.462 e. The Labute approximate surface area is 447 Å². The number of unbranched alkanes of at least 4 members (excludes halogenated alkanes) is 36. The third-order valence-electron chi connectivity index (χ3n) is 13.8. The first kappa shape index (κ1) is 69.1. The van der Waals surface area contributed by atoms with Gasteiger partial charge in [-0.05, 0) is 83.5 Å². The highest BCUT2D eigenvalue weighted by Gasteiger charge is 2.19. The molecule has 0 radical (unpaired) electrons. The molecular weight excluding hydrogens is 889 g/mol. The monoisotopic (exact) mass is 1010 g/mol. The van der Waals surface area contributed by atoms with E-state index in [2.05, 4.69) is 81.5 Å². The lowest BCUT2D eigenvalue weighted by atomic mass is 10.0. The van der Waals surface area contributed by atoms with E-state index in [1.807, 2.05) is 0 Å². The maximum absolute atomic E-state index is 12.9. The zero-order chi connectivity index (χ0) is 52.2. The summed E-state index contributed by atoms with van der Waals surface area (Å²) in [6, 6.07) is 0. The van der Waals surface area contributed by atoms with Gasteiger partial charge in [-0.25, -0.2) is 0 Å². The minimum atomic E-state index is -0.784. The summed E-state index contributed by atoms with van der Waals surface area (Å²) in [5.74, 6) is -0.886. The van der Waals surface area contributed by atoms with Crippen LogP contribution >= 0.6 is 0 Å². The van der Waals surface area contributed by atoms with E-state index in [0.29, 0.717) is 19.3 Å². The van der Waals surface area contributed by atoms with Crippen molar-refractivity contribution < 1.29 is 28.6 Å². The van der Waals surface area contributed by atoms with Crippen LogP contribution in [0.4, 0.5) is 0 Å². The summed E-state index contributed by atoms with van der Waals surface area (Å²) in [5.41, 5.74) is 0. The Morgan fingerprint density at radius 2 is 0.542 bits per heavy atom. The SMILES string of the molecule is CC/C=C\C/C=C\C/C=C\C/C=C\CCCCCCCCC(=O)OC(COC(=O)CCCCCCC/C=C\CCCCCCC)COC(=O)CCCCCCCCCCCCCCCCCCCCCCC. The van der Waals surface area contributed by atoms with Crippen molar-refractivity contribution in [3.63, 3.8) is 0 Å². The lowest BCUT2D eigenvalue weighted by Crippen LogP contribution is -2.30. The number of esters is 3. The molecule has 0 spiro atoms. The lowest BCUT2D eigenvalue weighted by molar-refractivity contribution is -0.167. The summed E-state index contributed by atoms with van der Waals surface area (Å²) in [7, 11) is 0. The van der Waals surface area contributed by atoms with E-state index in [-0.39, 0.29) is 31.1 Å². The Morgan fingerprint density at radius 1 is 0.292 bits per heavy atom. The number of carbonyl (C=O) groups is 3. The molecule has 6 nitrogen and oxygen atoms in total. The van der Waals surface area contributed by atoms with Gasteiger partial charge in [0, 0.05) is 19.3 Å². The second kappa shape index (κ2) is 60.7. The minimum absolute atomic E-state index is 0.0797. The highest BCUT2D eigenvalue weighted by atomic mass is 16.6. The Bertz CT molecular complexity index is 1290. The molecule has 1 atom stereocenters. The van der Waals surface area contributed by atoms with Crippen molar-refractivity contribution in [3.8, 4) is 0 Å². The highest BCUT2D eigenvalue weighted by Crippen LogP contribution is 2.17. The Kier molecular flexibility index (Phi) is 58.2. The van der Waals surface area contributed by atoms with Gasteiger partial charge in [0.2, 0.25) is 0 Å². The van der Waals surface area contributed by atoms with Crippen LogP contribution in [0.15, 0.2) is 60.8 Å². The lowest BCUT2D eigenvalue weighted by Gasteiger charge is -2.18. The predicted molar refractivity (Wildman–Crippen MR) is 312 cm³/mol. The molecule has 72 heavy (non-hydrogen) atoms. The number of ether oxygens (including phenoxy) is 3. The van der Waals surface area contributed by atoms with Gasteiger partial charge in [0.25, 0.3) is 0 Å². The molecule has 0 aromatic rings. The minimum Gasteiger partial charge on any atom is -0.462 e. The number of rotatable bonds is 57. The van der Waals surface area contributed by atoms with Crippen LogP contribution in [-0.4, -0.2) is 37.2 Å². The van der Waals surface area contributed by atoms with Gasteiger partial charge in [-0.3, -0.25) is 14.4 Å². The topological polar surface area (TPSA) is 78.9 Å². The van der Waals surface area contributed by atoms with Crippen LogP contribution in [0.2, 0.25) is 0 Å². The third kappa shape index (κ3) is 58.0. The molecule has 0 aliphatic rings. The Balaban J connectivity index is 4.35. The van der Waals surface area contributed by atoms with Crippen molar-refractivity contribution in [1.82, 2.24) is 0 Å². The smallest absolute Gasteiger partial charge is 0.306 e. The van der Waals surface area contributed by atoms with Crippen molar-refractivity contribution in [2.24, 2.45) is 0 Å². The number of hydrogen-bond donors (Lipinski definition) is 0. The fourth-order valence-corrected chi connectivity index (χ4v) is 9.08. The molecule has 0 aromatic heterocycles. The molecule has 0 rings (SSSR count). The molecule has 0 aromatic carbocycles. The standard InChI is InChI=1S/C66H118O6/c1-4-7-10-13-16-19-22-25-28-30-32-33-35-36-38-41-44-47-50-53-56-59-65(68)71-62-63(61-70-64(67)58-55-52-49-46-43-40-27-24-21-18-15-12-9-6-3)72-66(69)60-57-54-51-48-45-42-39-37-34-31-29-26-23-20-17-14-11-8-5-2/h8,11,17,20,24,26-27,29,34,37,63H,4-7,9-10,12-16,18-19,21-23,25,28,30-33,35-36,38-62H2,1-3H3/b11-8-,20-17-,27-24-,29-26-,37-34-. The maximum atomic E-state index is 12.9. The molecule has 418 valence electrons. The second-order valence-corrected chi connectivity index (χ2v) is 20.9. The van der Waals surface area contributed by atoms with Crippen molar-refractivity contribution in [2.75, 3.05) is 13.2 Å². The molecule has 0 N–H and O–H groups in total. The highest BCUT2D eigenvalue weighted by molar-refractivity contribution is 5.71. The van der Waals surface area contributed by atoms with Crippen LogP contribution in [-0.2, 0) is 28.6 Å². The van der Waals surface area contributed by atoms with Gasteiger partial charge in [-0.2, -0.15) is 0 Å². The predicted octanol–water partition coefficient (Wildman–Crippen LogP) is 21.2. The number of carbonyl (C=O) groups excluding carboxylic acids is 3. The normalized spacial score (nSPS) is 12.4. The number of hydrogen-bond acceptors (Lipinski definition) is 6. The molecule has 0 saturated heterocycles. The van der Waals surface area contributed by atoms with Gasteiger partial charge in [-0.1, -0.05) is 281 Å². The molecule has 0 aliphatic heterocycles. The van der Waals surface area contributed by atoms with Gasteiger partial charge in [0.15, 0.2) is 6.10 Å². The van der Waals surface area contributed by atoms with Crippen LogP contribution in [0.1, 0.15) is 323 Å². The van der Waals surface area contributed by atoms with E-state index in [9.17, 15) is 14.4 Å². The second-order valence-electron chi connectivity index (χ2n) is 20.9. The Morgan fingerprint density at radius 3 is 0.861 bits per heavy atom. The molecule has 0 fully saturated rings. The summed E-state index contributed by atoms with van der Waals surface area (Å²) >= 11 is 0. The van der Waals surface area contributed by atoms with Gasteiger partial charge in [0.1, 0.15) is 13.2 Å². The van der Waals surface area contributed by atoms with Crippen molar-refractivity contribution in [3.05, 3.63) is 60.8 Å². The molecule has 6 heteroatoms. The van der Waals surface area contributed by atoms with Crippen LogP contribution < -0.4 is 0 Å². The number of allylic oxidation sites excluding steroid dienone is 10. The molecule has 0 saturated carbocycles. The first-order valence-electron chi connectivity index (χ1n) is 31.3. The van der Waals surface area contributed by atoms with Gasteiger partial charge in [0.05, 0.1) is 0 Å². The van der Waals surface area contributed by atoms with E-state index in [0.717, 1.165) is 103 Å². The molecule has 0 bridgehead atoms. The summed E-state index contributed by atoms with van der Waals surface area (Å²) < 4.78 is 16.9. The molecular formula is C66H118O6. The average molecular weight is 1010 g/mol. The van der Waals surface area contributed by atoms with Crippen LogP contribution in [0.25, 0.3) is 0 Å². The van der Waals surface area contributed by atoms with Gasteiger partial charge < -0.3 is 14.2 Å². The van der Waals surface area contributed by atoms with Crippen LogP contribution in [0, 0.1) is 0 Å².